The van der Waals surface area contributed by atoms with Gasteiger partial charge in [0.25, 0.3) is 11.5 Å². The molecule has 1 aromatic heterocycles. The SMILES string of the molecule is O=C(C(O)c1cccc(C2CC2)c1)N1CCCc2nc(C3(c4cccc(F)c4)CC3)[nH]c(=O)c2C1. The molecule has 0 bridgehead atoms. The Kier molecular flexibility index (Phi) is 5.33. The molecule has 2 saturated carbocycles. The maximum Gasteiger partial charge on any atom is 0.256 e. The number of halogens is 1. The van der Waals surface area contributed by atoms with Gasteiger partial charge in [-0.3, -0.25) is 9.59 Å². The molecule has 6 nitrogen and oxygen atoms in total. The number of aliphatic hydroxyl groups excluding tert-OH is 1. The number of amides is 1. The number of aliphatic hydroxyl groups is 1. The Bertz CT molecular complexity index is 1360. The molecule has 2 fully saturated rings. The number of H-pyrrole nitrogens is 1. The van der Waals surface area contributed by atoms with Crippen molar-refractivity contribution >= 4 is 5.91 Å². The van der Waals surface area contributed by atoms with Crippen LogP contribution in [-0.4, -0.2) is 32.4 Å². The normalized spacial score (nSPS) is 19.5. The highest BCUT2D eigenvalue weighted by atomic mass is 19.1. The Hall–Kier alpha value is -3.32. The van der Waals surface area contributed by atoms with Gasteiger partial charge in [0.1, 0.15) is 11.6 Å². The van der Waals surface area contributed by atoms with Crippen molar-refractivity contribution in [2.24, 2.45) is 0 Å². The van der Waals surface area contributed by atoms with Crippen molar-refractivity contribution in [3.63, 3.8) is 0 Å². The molecule has 0 radical (unpaired) electrons. The predicted octanol–water partition coefficient (Wildman–Crippen LogP) is 3.87. The third-order valence-electron chi connectivity index (χ3n) is 7.69. The van der Waals surface area contributed by atoms with Crippen LogP contribution in [0.1, 0.15) is 77.9 Å². The van der Waals surface area contributed by atoms with Gasteiger partial charge >= 0.3 is 0 Å². The van der Waals surface area contributed by atoms with Crippen molar-refractivity contribution in [3.8, 4) is 0 Å². The molecule has 0 spiro atoms. The van der Waals surface area contributed by atoms with Gasteiger partial charge in [-0.25, -0.2) is 9.37 Å². The zero-order valence-electron chi connectivity index (χ0n) is 19.5. The van der Waals surface area contributed by atoms with Gasteiger partial charge in [-0.1, -0.05) is 36.4 Å². The zero-order valence-corrected chi connectivity index (χ0v) is 19.5. The summed E-state index contributed by atoms with van der Waals surface area (Å²) in [4.78, 5) is 35.7. The summed E-state index contributed by atoms with van der Waals surface area (Å²) < 4.78 is 13.9. The Morgan fingerprint density at radius 2 is 1.97 bits per heavy atom. The van der Waals surface area contributed by atoms with Gasteiger partial charge in [-0.15, -0.1) is 0 Å². The van der Waals surface area contributed by atoms with Crippen molar-refractivity contribution in [1.82, 2.24) is 14.9 Å². The van der Waals surface area contributed by atoms with Gasteiger partial charge in [0.2, 0.25) is 0 Å². The molecule has 7 heteroatoms. The third kappa shape index (κ3) is 4.08. The summed E-state index contributed by atoms with van der Waals surface area (Å²) in [7, 11) is 0. The number of hydrogen-bond donors (Lipinski definition) is 2. The Balaban J connectivity index is 1.26. The zero-order chi connectivity index (χ0) is 24.2. The number of aromatic nitrogens is 2. The maximum absolute atomic E-state index is 13.9. The largest absolute Gasteiger partial charge is 0.378 e. The molecule has 35 heavy (non-hydrogen) atoms. The summed E-state index contributed by atoms with van der Waals surface area (Å²) in [6.45, 7) is 0.557. The summed E-state index contributed by atoms with van der Waals surface area (Å²) in [6.07, 6.45) is 3.86. The number of rotatable bonds is 5. The van der Waals surface area contributed by atoms with Crippen LogP contribution in [0.25, 0.3) is 0 Å². The van der Waals surface area contributed by atoms with Crippen LogP contribution in [0, 0.1) is 5.82 Å². The van der Waals surface area contributed by atoms with E-state index in [2.05, 4.69) is 4.98 Å². The molecule has 1 atom stereocenters. The molecule has 3 aromatic rings. The van der Waals surface area contributed by atoms with E-state index in [1.54, 1.807) is 17.0 Å². The van der Waals surface area contributed by atoms with Crippen LogP contribution in [0.4, 0.5) is 4.39 Å². The second-order valence-corrected chi connectivity index (χ2v) is 10.1. The van der Waals surface area contributed by atoms with Gasteiger partial charge in [0, 0.05) is 6.54 Å². The van der Waals surface area contributed by atoms with E-state index in [-0.39, 0.29) is 17.9 Å². The van der Waals surface area contributed by atoms with Crippen molar-refractivity contribution in [1.29, 1.82) is 0 Å². The first-order chi connectivity index (χ1) is 16.9. The fourth-order valence-electron chi connectivity index (χ4n) is 5.32. The lowest BCUT2D eigenvalue weighted by atomic mass is 9.94. The predicted molar refractivity (Wildman–Crippen MR) is 128 cm³/mol. The summed E-state index contributed by atoms with van der Waals surface area (Å²) >= 11 is 0. The van der Waals surface area contributed by atoms with E-state index in [9.17, 15) is 19.1 Å². The molecule has 3 aliphatic rings. The molecule has 1 aliphatic heterocycles. The Morgan fingerprint density at radius 3 is 2.71 bits per heavy atom. The van der Waals surface area contributed by atoms with Crippen molar-refractivity contribution < 1.29 is 14.3 Å². The van der Waals surface area contributed by atoms with Crippen LogP contribution in [-0.2, 0) is 23.2 Å². The molecule has 6 rings (SSSR count). The number of carbonyl (C=O) groups excluding carboxylic acids is 1. The minimum absolute atomic E-state index is 0.114. The number of nitrogens with one attached hydrogen (secondary N) is 1. The first kappa shape index (κ1) is 22.2. The second-order valence-electron chi connectivity index (χ2n) is 10.1. The molecule has 180 valence electrons. The number of aryl methyl sites for hydroxylation is 1. The van der Waals surface area contributed by atoms with Crippen molar-refractivity contribution in [2.75, 3.05) is 6.54 Å². The van der Waals surface area contributed by atoms with Crippen LogP contribution >= 0.6 is 0 Å². The summed E-state index contributed by atoms with van der Waals surface area (Å²) in [6, 6.07) is 14.1. The highest BCUT2D eigenvalue weighted by molar-refractivity contribution is 5.82. The third-order valence-corrected chi connectivity index (χ3v) is 7.69. The minimum atomic E-state index is -1.26. The second kappa shape index (κ2) is 8.41. The molecule has 2 heterocycles. The molecular formula is C28H28FN3O3. The lowest BCUT2D eigenvalue weighted by molar-refractivity contribution is -0.141. The first-order valence-corrected chi connectivity index (χ1v) is 12.4. The topological polar surface area (TPSA) is 86.3 Å². The van der Waals surface area contributed by atoms with Crippen LogP contribution in [0.3, 0.4) is 0 Å². The maximum atomic E-state index is 13.9. The van der Waals surface area contributed by atoms with Gasteiger partial charge in [-0.2, -0.15) is 0 Å². The molecule has 2 N–H and O–H groups in total. The summed E-state index contributed by atoms with van der Waals surface area (Å²) in [5.74, 6) is 0.404. The number of aromatic amines is 1. The van der Waals surface area contributed by atoms with Crippen LogP contribution in [0.5, 0.6) is 0 Å². The summed E-state index contributed by atoms with van der Waals surface area (Å²) in [5, 5.41) is 10.9. The highest BCUT2D eigenvalue weighted by Gasteiger charge is 2.49. The molecule has 2 aromatic carbocycles. The van der Waals surface area contributed by atoms with Gasteiger partial charge in [0.15, 0.2) is 6.10 Å². The van der Waals surface area contributed by atoms with Crippen molar-refractivity contribution in [2.45, 2.75) is 62.5 Å². The first-order valence-electron chi connectivity index (χ1n) is 12.4. The molecule has 0 saturated heterocycles. The monoisotopic (exact) mass is 473 g/mol. The number of nitrogens with zero attached hydrogens (tertiary/aromatic N) is 2. The number of hydrogen-bond acceptors (Lipinski definition) is 4. The molecular weight excluding hydrogens is 445 g/mol. The van der Waals surface area contributed by atoms with Crippen molar-refractivity contribution in [3.05, 3.63) is 98.5 Å². The lowest BCUT2D eigenvalue weighted by Crippen LogP contribution is -2.36. The molecule has 2 aliphatic carbocycles. The van der Waals surface area contributed by atoms with Crippen LogP contribution in [0.15, 0.2) is 53.3 Å². The number of benzene rings is 2. The fraction of sp³-hybridized carbons (Fsp3) is 0.393. The summed E-state index contributed by atoms with van der Waals surface area (Å²) in [5.41, 5.74) is 3.01. The Morgan fingerprint density at radius 1 is 1.17 bits per heavy atom. The van der Waals surface area contributed by atoms with Crippen LogP contribution < -0.4 is 5.56 Å². The van der Waals surface area contributed by atoms with Gasteiger partial charge < -0.3 is 15.0 Å². The van der Waals surface area contributed by atoms with Crippen LogP contribution in [0.2, 0.25) is 0 Å². The van der Waals surface area contributed by atoms with Gasteiger partial charge in [0.05, 0.1) is 23.2 Å². The minimum Gasteiger partial charge on any atom is -0.378 e. The number of fused-ring (bicyclic) bond motifs is 1. The van der Waals surface area contributed by atoms with E-state index < -0.39 is 17.4 Å². The molecule has 1 unspecified atom stereocenters. The fourth-order valence-corrected chi connectivity index (χ4v) is 5.32. The highest BCUT2D eigenvalue weighted by Crippen LogP contribution is 2.52. The van der Waals surface area contributed by atoms with Gasteiger partial charge in [-0.05, 0) is 73.3 Å². The van der Waals surface area contributed by atoms with E-state index in [0.717, 1.165) is 36.8 Å². The van der Waals surface area contributed by atoms with E-state index >= 15 is 0 Å². The smallest absolute Gasteiger partial charge is 0.256 e. The van der Waals surface area contributed by atoms with E-state index in [0.29, 0.717) is 47.9 Å². The molecule has 1 amide bonds. The standard InChI is InChI=1S/C28H28FN3O3/c29-21-7-2-6-20(15-21)28(11-12-28)27-30-23-8-3-13-32(16-22(23)25(34)31-27)26(35)24(33)19-5-1-4-18(14-19)17-9-10-17/h1-2,4-7,14-15,17,24,33H,3,8-13,16H2,(H,30,31,34). The van der Waals surface area contributed by atoms with E-state index in [1.807, 2.05) is 24.3 Å². The number of carbonyl (C=O) groups is 1. The average Bonchev–Trinajstić information content (AvgIpc) is 3.77. The average molecular weight is 474 g/mol. The van der Waals surface area contributed by atoms with E-state index in [4.69, 9.17) is 4.98 Å². The van der Waals surface area contributed by atoms with E-state index in [1.165, 1.54) is 12.1 Å². The Labute approximate surface area is 202 Å². The lowest BCUT2D eigenvalue weighted by Gasteiger charge is -2.24. The quantitative estimate of drug-likeness (QED) is 0.589.